The predicted molar refractivity (Wildman–Crippen MR) is 196 cm³/mol. The van der Waals surface area contributed by atoms with Gasteiger partial charge in [0.25, 0.3) is 0 Å². The molecule has 0 amide bonds. The number of fused-ring (bicyclic) bond motifs is 5. The van der Waals surface area contributed by atoms with Crippen LogP contribution >= 0.6 is 0 Å². The summed E-state index contributed by atoms with van der Waals surface area (Å²) in [5, 5.41) is 4.80. The van der Waals surface area contributed by atoms with Gasteiger partial charge in [-0.15, -0.1) is 0 Å². The summed E-state index contributed by atoms with van der Waals surface area (Å²) in [7, 11) is 0. The minimum Gasteiger partial charge on any atom is -0.294 e. The van der Waals surface area contributed by atoms with Crippen molar-refractivity contribution < 1.29 is 0 Å². The minimum absolute atomic E-state index is 0.851. The number of nitrogens with zero attached hydrogens (tertiary/aromatic N) is 5. The smallest absolute Gasteiger partial charge is 0.137 e. The van der Waals surface area contributed by atoms with E-state index in [4.69, 9.17) is 9.97 Å². The van der Waals surface area contributed by atoms with Crippen molar-refractivity contribution in [3.05, 3.63) is 164 Å². The van der Waals surface area contributed by atoms with Gasteiger partial charge in [-0.25, -0.2) is 9.97 Å². The van der Waals surface area contributed by atoms with Crippen molar-refractivity contribution in [2.24, 2.45) is 0 Å². The van der Waals surface area contributed by atoms with E-state index in [0.717, 1.165) is 45.3 Å². The quantitative estimate of drug-likeness (QED) is 0.198. The Morgan fingerprint density at radius 3 is 2.02 bits per heavy atom. The zero-order chi connectivity index (χ0) is 31.6. The average molecular weight is 614 g/mol. The molecule has 0 radical (unpaired) electrons. The van der Waals surface area contributed by atoms with Crippen molar-refractivity contribution in [2.75, 3.05) is 4.90 Å². The van der Waals surface area contributed by atoms with Crippen LogP contribution in [-0.4, -0.2) is 19.5 Å². The minimum atomic E-state index is 0.851. The number of anilines is 3. The van der Waals surface area contributed by atoms with Gasteiger partial charge < -0.3 is 0 Å². The average Bonchev–Trinajstić information content (AvgIpc) is 3.48. The molecule has 9 aromatic rings. The zero-order valence-electron chi connectivity index (χ0n) is 25.8. The lowest BCUT2D eigenvalue weighted by atomic mass is 9.90. The molecule has 4 aromatic heterocycles. The van der Waals surface area contributed by atoms with E-state index in [-0.39, 0.29) is 0 Å². The van der Waals surface area contributed by atoms with Crippen molar-refractivity contribution in [1.29, 1.82) is 0 Å². The van der Waals surface area contributed by atoms with Gasteiger partial charge in [-0.05, 0) is 88.8 Å². The molecule has 5 aromatic carbocycles. The van der Waals surface area contributed by atoms with Gasteiger partial charge in [0.15, 0.2) is 0 Å². The van der Waals surface area contributed by atoms with Crippen LogP contribution in [0.5, 0.6) is 0 Å². The Bertz CT molecular complexity index is 2640. The molecule has 0 saturated heterocycles. The number of rotatable bonds is 4. The molecule has 1 aliphatic rings. The summed E-state index contributed by atoms with van der Waals surface area (Å²) in [6.07, 6.45) is 5.60. The summed E-state index contributed by atoms with van der Waals surface area (Å²) in [6, 6.07) is 51.5. The Morgan fingerprint density at radius 2 is 1.23 bits per heavy atom. The standard InChI is InChI=1S/C43H27N5/c1-2-10-28(11-3-1)30-18-20-37-33(24-30)35-25-34-32-14-8-12-29-13-9-16-38(43(29)32)48(39(34)26-40(35)47(37)41-17-5-7-23-45-41)42-21-19-31(27-46-42)36-15-4-6-22-44-36/h1-27H. The molecule has 0 saturated carbocycles. The molecular formula is C43H27N5. The lowest BCUT2D eigenvalue weighted by Gasteiger charge is -2.33. The van der Waals surface area contributed by atoms with Gasteiger partial charge in [0, 0.05) is 45.9 Å². The van der Waals surface area contributed by atoms with Gasteiger partial charge in [-0.2, -0.15) is 0 Å². The fourth-order valence-electron chi connectivity index (χ4n) is 7.31. The molecule has 0 bridgehead atoms. The van der Waals surface area contributed by atoms with Gasteiger partial charge in [0.1, 0.15) is 11.6 Å². The molecule has 1 aliphatic heterocycles. The topological polar surface area (TPSA) is 46.8 Å². The predicted octanol–water partition coefficient (Wildman–Crippen LogP) is 10.9. The molecule has 0 aliphatic carbocycles. The van der Waals surface area contributed by atoms with E-state index in [1.807, 2.05) is 48.9 Å². The maximum atomic E-state index is 5.05. The summed E-state index contributed by atoms with van der Waals surface area (Å²) in [5.74, 6) is 1.73. The first-order valence-electron chi connectivity index (χ1n) is 16.1. The molecule has 5 heterocycles. The fraction of sp³-hybridized carbons (Fsp3) is 0. The summed E-state index contributed by atoms with van der Waals surface area (Å²) in [5.41, 5.74) is 11.1. The number of aromatic nitrogens is 4. The lowest BCUT2D eigenvalue weighted by Crippen LogP contribution is -2.16. The van der Waals surface area contributed by atoms with E-state index in [1.165, 1.54) is 43.8 Å². The third kappa shape index (κ3) is 4.01. The number of hydrogen-bond acceptors (Lipinski definition) is 4. The van der Waals surface area contributed by atoms with E-state index in [0.29, 0.717) is 0 Å². The maximum Gasteiger partial charge on any atom is 0.137 e. The first-order chi connectivity index (χ1) is 23.8. The second kappa shape index (κ2) is 10.5. The molecule has 0 spiro atoms. The summed E-state index contributed by atoms with van der Waals surface area (Å²) < 4.78 is 2.29. The highest BCUT2D eigenvalue weighted by Gasteiger charge is 2.29. The highest BCUT2D eigenvalue weighted by molar-refractivity contribution is 6.19. The van der Waals surface area contributed by atoms with Gasteiger partial charge >= 0.3 is 0 Å². The van der Waals surface area contributed by atoms with Gasteiger partial charge in [-0.3, -0.25) is 14.5 Å². The fourth-order valence-corrected chi connectivity index (χ4v) is 7.31. The molecule has 5 heteroatoms. The monoisotopic (exact) mass is 613 g/mol. The van der Waals surface area contributed by atoms with Crippen molar-refractivity contribution in [3.8, 4) is 39.3 Å². The van der Waals surface area contributed by atoms with Crippen LogP contribution < -0.4 is 4.90 Å². The Labute approximate surface area is 277 Å². The Hall–Kier alpha value is -6.59. The molecule has 224 valence electrons. The van der Waals surface area contributed by atoms with E-state index in [2.05, 4.69) is 130 Å². The van der Waals surface area contributed by atoms with Gasteiger partial charge in [-0.1, -0.05) is 78.9 Å². The highest BCUT2D eigenvalue weighted by Crippen LogP contribution is 2.52. The Balaban J connectivity index is 1.28. The van der Waals surface area contributed by atoms with Crippen molar-refractivity contribution >= 4 is 49.8 Å². The maximum absolute atomic E-state index is 5.05. The number of pyridine rings is 3. The van der Waals surface area contributed by atoms with E-state index >= 15 is 0 Å². The lowest BCUT2D eigenvalue weighted by molar-refractivity contribution is 1.08. The van der Waals surface area contributed by atoms with Crippen LogP contribution in [0.25, 0.3) is 71.9 Å². The molecule has 48 heavy (non-hydrogen) atoms. The Morgan fingerprint density at radius 1 is 0.438 bits per heavy atom. The Kier molecular flexibility index (Phi) is 5.81. The number of benzene rings is 5. The van der Waals surface area contributed by atoms with Crippen LogP contribution in [0.4, 0.5) is 17.2 Å². The molecule has 0 fully saturated rings. The van der Waals surface area contributed by atoms with Crippen molar-refractivity contribution in [2.45, 2.75) is 0 Å². The molecule has 0 atom stereocenters. The first-order valence-corrected chi connectivity index (χ1v) is 16.1. The third-order valence-electron chi connectivity index (χ3n) is 9.46. The zero-order valence-corrected chi connectivity index (χ0v) is 25.8. The normalized spacial score (nSPS) is 12.1. The van der Waals surface area contributed by atoms with Crippen LogP contribution in [0.15, 0.2) is 164 Å². The van der Waals surface area contributed by atoms with E-state index in [1.54, 1.807) is 0 Å². The molecule has 0 N–H and O–H groups in total. The van der Waals surface area contributed by atoms with E-state index in [9.17, 15) is 0 Å². The van der Waals surface area contributed by atoms with E-state index < -0.39 is 0 Å². The SMILES string of the molecule is c1ccc(-c2ccc3c(c2)c2cc4c(cc2n3-c2ccccn2)N(c2ccc(-c3ccccn3)cn2)c2cccc3cccc-4c23)cc1. The molecular weight excluding hydrogens is 587 g/mol. The summed E-state index contributed by atoms with van der Waals surface area (Å²) in [4.78, 5) is 16.7. The largest absolute Gasteiger partial charge is 0.294 e. The summed E-state index contributed by atoms with van der Waals surface area (Å²) in [6.45, 7) is 0. The highest BCUT2D eigenvalue weighted by atomic mass is 15.2. The summed E-state index contributed by atoms with van der Waals surface area (Å²) >= 11 is 0. The molecule has 5 nitrogen and oxygen atoms in total. The second-order valence-electron chi connectivity index (χ2n) is 12.1. The third-order valence-corrected chi connectivity index (χ3v) is 9.46. The molecule has 0 unspecified atom stereocenters. The van der Waals surface area contributed by atoms with Gasteiger partial charge in [0.2, 0.25) is 0 Å². The second-order valence-corrected chi connectivity index (χ2v) is 12.1. The van der Waals surface area contributed by atoms with Crippen LogP contribution in [0.2, 0.25) is 0 Å². The van der Waals surface area contributed by atoms with Crippen LogP contribution in [0, 0.1) is 0 Å². The van der Waals surface area contributed by atoms with Crippen LogP contribution in [0.3, 0.4) is 0 Å². The number of hydrogen-bond donors (Lipinski definition) is 0. The van der Waals surface area contributed by atoms with Crippen molar-refractivity contribution in [3.63, 3.8) is 0 Å². The van der Waals surface area contributed by atoms with Crippen LogP contribution in [-0.2, 0) is 0 Å². The van der Waals surface area contributed by atoms with Gasteiger partial charge in [0.05, 0.1) is 28.1 Å². The van der Waals surface area contributed by atoms with Crippen molar-refractivity contribution in [1.82, 2.24) is 19.5 Å². The van der Waals surface area contributed by atoms with Crippen LogP contribution in [0.1, 0.15) is 0 Å². The molecule has 10 rings (SSSR count). The first kappa shape index (κ1) is 26.6.